The molecule has 3 aliphatic rings. The van der Waals surface area contributed by atoms with E-state index in [0.29, 0.717) is 24.0 Å². The Balaban J connectivity index is 1.25. The lowest BCUT2D eigenvalue weighted by Gasteiger charge is -2.22. The lowest BCUT2D eigenvalue weighted by atomic mass is 10.0. The Bertz CT molecular complexity index is 792. The van der Waals surface area contributed by atoms with Crippen LogP contribution in [-0.4, -0.2) is 55.3 Å². The van der Waals surface area contributed by atoms with Gasteiger partial charge < -0.3 is 24.8 Å². The standard InChI is InChI=1S/C20H25N3O6/c24-18(21-10-13-5-7-27-8-6-13)4-2-15-19(25)23(20(26)22-15)11-14-1-3-16-17(9-14)29-12-28-16/h1,3,9,13,15H,2,4-8,10-12H2,(H,21,24)(H,22,26)/t15-/m0/s1. The van der Waals surface area contributed by atoms with E-state index in [1.165, 1.54) is 4.90 Å². The molecule has 0 saturated carbocycles. The summed E-state index contributed by atoms with van der Waals surface area (Å²) in [6, 6.07) is 4.20. The van der Waals surface area contributed by atoms with E-state index < -0.39 is 12.1 Å². The molecule has 3 aliphatic heterocycles. The molecule has 2 N–H and O–H groups in total. The number of hydrogen-bond donors (Lipinski definition) is 2. The fourth-order valence-corrected chi connectivity index (χ4v) is 3.72. The van der Waals surface area contributed by atoms with Crippen LogP contribution in [0.1, 0.15) is 31.2 Å². The summed E-state index contributed by atoms with van der Waals surface area (Å²) in [7, 11) is 0. The van der Waals surface area contributed by atoms with Crippen LogP contribution in [0.4, 0.5) is 4.79 Å². The van der Waals surface area contributed by atoms with E-state index in [1.54, 1.807) is 18.2 Å². The van der Waals surface area contributed by atoms with Crippen molar-refractivity contribution in [1.82, 2.24) is 15.5 Å². The highest BCUT2D eigenvalue weighted by molar-refractivity contribution is 6.04. The first kappa shape index (κ1) is 19.5. The Hall–Kier alpha value is -2.81. The third kappa shape index (κ3) is 4.61. The summed E-state index contributed by atoms with van der Waals surface area (Å²) < 4.78 is 15.9. The minimum Gasteiger partial charge on any atom is -0.454 e. The van der Waals surface area contributed by atoms with Crippen molar-refractivity contribution in [3.63, 3.8) is 0 Å². The minimum absolute atomic E-state index is 0.104. The summed E-state index contributed by atoms with van der Waals surface area (Å²) in [5, 5.41) is 5.59. The molecule has 0 aliphatic carbocycles. The second-order valence-electron chi connectivity index (χ2n) is 7.51. The number of carbonyl (C=O) groups excluding carboxylic acids is 3. The fourth-order valence-electron chi connectivity index (χ4n) is 3.72. The van der Waals surface area contributed by atoms with Crippen molar-refractivity contribution in [2.45, 2.75) is 38.3 Å². The van der Waals surface area contributed by atoms with Crippen LogP contribution in [0.5, 0.6) is 11.5 Å². The SMILES string of the molecule is O=C(CC[C@@H]1NC(=O)N(Cc2ccc3c(c2)OCO3)C1=O)NCC1CCOCC1. The van der Waals surface area contributed by atoms with Gasteiger partial charge in [-0.25, -0.2) is 4.79 Å². The molecule has 3 heterocycles. The second kappa shape index (κ2) is 8.69. The lowest BCUT2D eigenvalue weighted by molar-refractivity contribution is -0.128. The van der Waals surface area contributed by atoms with Crippen LogP contribution >= 0.6 is 0 Å². The summed E-state index contributed by atoms with van der Waals surface area (Å²) in [4.78, 5) is 38.1. The van der Waals surface area contributed by atoms with Crippen LogP contribution in [-0.2, 0) is 20.9 Å². The number of hydrogen-bond acceptors (Lipinski definition) is 6. The molecular formula is C20H25N3O6. The number of urea groups is 1. The number of amides is 4. The van der Waals surface area contributed by atoms with Gasteiger partial charge in [0.15, 0.2) is 11.5 Å². The number of nitrogens with zero attached hydrogens (tertiary/aromatic N) is 1. The number of nitrogens with one attached hydrogen (secondary N) is 2. The van der Waals surface area contributed by atoms with Crippen molar-refractivity contribution >= 4 is 17.8 Å². The van der Waals surface area contributed by atoms with Gasteiger partial charge in [-0.15, -0.1) is 0 Å². The van der Waals surface area contributed by atoms with E-state index >= 15 is 0 Å². The highest BCUT2D eigenvalue weighted by Gasteiger charge is 2.38. The zero-order valence-electron chi connectivity index (χ0n) is 16.1. The van der Waals surface area contributed by atoms with E-state index in [2.05, 4.69) is 10.6 Å². The number of rotatable bonds is 7. The van der Waals surface area contributed by atoms with Crippen LogP contribution in [0.25, 0.3) is 0 Å². The van der Waals surface area contributed by atoms with E-state index in [0.717, 1.165) is 31.6 Å². The maximum atomic E-state index is 12.6. The van der Waals surface area contributed by atoms with Crippen LogP contribution in [0.3, 0.4) is 0 Å². The third-order valence-corrected chi connectivity index (χ3v) is 5.47. The number of benzene rings is 1. The second-order valence-corrected chi connectivity index (χ2v) is 7.51. The monoisotopic (exact) mass is 403 g/mol. The molecule has 29 heavy (non-hydrogen) atoms. The summed E-state index contributed by atoms with van der Waals surface area (Å²) in [5.41, 5.74) is 0.771. The van der Waals surface area contributed by atoms with Gasteiger partial charge in [0, 0.05) is 26.2 Å². The summed E-state index contributed by atoms with van der Waals surface area (Å²) in [6.07, 6.45) is 2.37. The Kier molecular flexibility index (Phi) is 5.84. The van der Waals surface area contributed by atoms with Crippen molar-refractivity contribution in [2.24, 2.45) is 5.92 Å². The first-order chi connectivity index (χ1) is 14.1. The molecule has 2 fully saturated rings. The van der Waals surface area contributed by atoms with Gasteiger partial charge in [-0.3, -0.25) is 14.5 Å². The van der Waals surface area contributed by atoms with Gasteiger partial charge in [0.05, 0.1) is 6.54 Å². The van der Waals surface area contributed by atoms with E-state index in [-0.39, 0.29) is 38.0 Å². The predicted octanol–water partition coefficient (Wildman–Crippen LogP) is 1.16. The van der Waals surface area contributed by atoms with Crippen LogP contribution < -0.4 is 20.1 Å². The molecule has 1 atom stereocenters. The Morgan fingerprint density at radius 3 is 2.79 bits per heavy atom. The van der Waals surface area contributed by atoms with Gasteiger partial charge in [0.1, 0.15) is 6.04 Å². The molecule has 0 unspecified atom stereocenters. The summed E-state index contributed by atoms with van der Waals surface area (Å²) in [5.74, 6) is 1.28. The Labute approximate surface area is 168 Å². The maximum absolute atomic E-state index is 12.6. The number of fused-ring (bicyclic) bond motifs is 1. The van der Waals surface area contributed by atoms with E-state index in [4.69, 9.17) is 14.2 Å². The molecule has 1 aromatic rings. The first-order valence-electron chi connectivity index (χ1n) is 9.95. The Morgan fingerprint density at radius 1 is 1.17 bits per heavy atom. The fraction of sp³-hybridized carbons (Fsp3) is 0.550. The number of carbonyl (C=O) groups is 3. The highest BCUT2D eigenvalue weighted by Crippen LogP contribution is 2.33. The van der Waals surface area contributed by atoms with Crippen molar-refractivity contribution in [1.29, 1.82) is 0 Å². The molecule has 156 valence electrons. The molecule has 2 saturated heterocycles. The molecular weight excluding hydrogens is 378 g/mol. The molecule has 0 spiro atoms. The lowest BCUT2D eigenvalue weighted by Crippen LogP contribution is -2.35. The van der Waals surface area contributed by atoms with E-state index in [9.17, 15) is 14.4 Å². The summed E-state index contributed by atoms with van der Waals surface area (Å²) in [6.45, 7) is 2.42. The van der Waals surface area contributed by atoms with Crippen molar-refractivity contribution in [2.75, 3.05) is 26.6 Å². The van der Waals surface area contributed by atoms with Gasteiger partial charge in [-0.2, -0.15) is 0 Å². The van der Waals surface area contributed by atoms with Crippen molar-refractivity contribution in [3.05, 3.63) is 23.8 Å². The zero-order chi connectivity index (χ0) is 20.2. The van der Waals surface area contributed by atoms with Crippen LogP contribution in [0, 0.1) is 5.92 Å². The van der Waals surface area contributed by atoms with Gasteiger partial charge in [-0.05, 0) is 42.9 Å². The summed E-state index contributed by atoms with van der Waals surface area (Å²) >= 11 is 0. The van der Waals surface area contributed by atoms with E-state index in [1.807, 2.05) is 0 Å². The molecule has 1 aromatic carbocycles. The quantitative estimate of drug-likeness (QED) is 0.662. The van der Waals surface area contributed by atoms with Crippen molar-refractivity contribution in [3.8, 4) is 11.5 Å². The molecule has 4 rings (SSSR count). The topological polar surface area (TPSA) is 106 Å². The molecule has 9 nitrogen and oxygen atoms in total. The van der Waals surface area contributed by atoms with Gasteiger partial charge in [0.25, 0.3) is 5.91 Å². The van der Waals surface area contributed by atoms with Crippen LogP contribution in [0.2, 0.25) is 0 Å². The average Bonchev–Trinajstić information content (AvgIpc) is 3.31. The van der Waals surface area contributed by atoms with Crippen LogP contribution in [0.15, 0.2) is 18.2 Å². The van der Waals surface area contributed by atoms with Gasteiger partial charge in [-0.1, -0.05) is 6.07 Å². The molecule has 0 aromatic heterocycles. The van der Waals surface area contributed by atoms with Gasteiger partial charge in [0.2, 0.25) is 12.7 Å². The number of ether oxygens (including phenoxy) is 3. The number of imide groups is 1. The normalized spacial score (nSPS) is 21.4. The molecule has 0 radical (unpaired) electrons. The molecule has 4 amide bonds. The third-order valence-electron chi connectivity index (χ3n) is 5.47. The van der Waals surface area contributed by atoms with Crippen molar-refractivity contribution < 1.29 is 28.6 Å². The first-order valence-corrected chi connectivity index (χ1v) is 9.95. The zero-order valence-corrected chi connectivity index (χ0v) is 16.1. The highest BCUT2D eigenvalue weighted by atomic mass is 16.7. The predicted molar refractivity (Wildman–Crippen MR) is 101 cm³/mol. The maximum Gasteiger partial charge on any atom is 0.325 e. The average molecular weight is 403 g/mol. The Morgan fingerprint density at radius 2 is 1.97 bits per heavy atom. The smallest absolute Gasteiger partial charge is 0.325 e. The molecule has 0 bridgehead atoms. The van der Waals surface area contributed by atoms with Gasteiger partial charge >= 0.3 is 6.03 Å². The largest absolute Gasteiger partial charge is 0.454 e. The minimum atomic E-state index is -0.676. The molecule has 9 heteroatoms.